The molecule has 0 saturated heterocycles. The summed E-state index contributed by atoms with van der Waals surface area (Å²) >= 11 is 5.64. The fraction of sp³-hybridized carbons (Fsp3) is 0.176. The van der Waals surface area contributed by atoms with Gasteiger partial charge in [0.15, 0.2) is 11.5 Å². The molecule has 0 bridgehead atoms. The standard InChI is InChI=1S/C17H17BrIN3O3/c1-24-15-8-11(7-14(18)17(15)25-2)9-21-22-16(23)10-20-13-5-3-12(19)4-6-13/h3-9,20H,10H2,1-2H3,(H,22,23). The van der Waals surface area contributed by atoms with Gasteiger partial charge in [-0.1, -0.05) is 0 Å². The zero-order chi connectivity index (χ0) is 18.2. The molecule has 2 aromatic carbocycles. The van der Waals surface area contributed by atoms with Crippen LogP contribution in [0.1, 0.15) is 5.56 Å². The summed E-state index contributed by atoms with van der Waals surface area (Å²) in [4.78, 5) is 11.8. The van der Waals surface area contributed by atoms with E-state index >= 15 is 0 Å². The summed E-state index contributed by atoms with van der Waals surface area (Å²) in [6.45, 7) is 0.133. The van der Waals surface area contributed by atoms with Gasteiger partial charge in [0.2, 0.25) is 0 Å². The second-order valence-corrected chi connectivity index (χ2v) is 6.99. The van der Waals surface area contributed by atoms with E-state index in [2.05, 4.69) is 54.4 Å². The van der Waals surface area contributed by atoms with E-state index in [9.17, 15) is 4.79 Å². The molecule has 6 nitrogen and oxygen atoms in total. The molecule has 1 amide bonds. The molecule has 0 fully saturated rings. The van der Waals surface area contributed by atoms with Crippen LogP contribution < -0.4 is 20.2 Å². The zero-order valence-electron chi connectivity index (χ0n) is 13.7. The lowest BCUT2D eigenvalue weighted by Crippen LogP contribution is -2.25. The van der Waals surface area contributed by atoms with E-state index in [1.54, 1.807) is 20.3 Å². The van der Waals surface area contributed by atoms with Crippen LogP contribution in [0.3, 0.4) is 0 Å². The highest BCUT2D eigenvalue weighted by Crippen LogP contribution is 2.35. The number of hydrogen-bond donors (Lipinski definition) is 2. The first-order chi connectivity index (χ1) is 12.0. The van der Waals surface area contributed by atoms with Crippen LogP contribution in [0.5, 0.6) is 11.5 Å². The molecule has 0 saturated carbocycles. The van der Waals surface area contributed by atoms with E-state index in [-0.39, 0.29) is 12.5 Å². The number of nitrogens with zero attached hydrogens (tertiary/aromatic N) is 1. The number of hydrazone groups is 1. The molecule has 0 spiro atoms. The summed E-state index contributed by atoms with van der Waals surface area (Å²) in [7, 11) is 3.13. The molecule has 0 heterocycles. The Balaban J connectivity index is 1.90. The molecule has 2 aromatic rings. The third kappa shape index (κ3) is 5.89. The maximum atomic E-state index is 11.8. The molecule has 2 rings (SSSR count). The van der Waals surface area contributed by atoms with Gasteiger partial charge in [-0.15, -0.1) is 0 Å². The van der Waals surface area contributed by atoms with E-state index in [1.165, 1.54) is 6.21 Å². The van der Waals surface area contributed by atoms with Crippen molar-refractivity contribution in [1.29, 1.82) is 0 Å². The number of hydrogen-bond acceptors (Lipinski definition) is 5. The van der Waals surface area contributed by atoms with Gasteiger partial charge in [0.1, 0.15) is 0 Å². The summed E-state index contributed by atoms with van der Waals surface area (Å²) in [6, 6.07) is 11.4. The van der Waals surface area contributed by atoms with Crippen LogP contribution in [-0.2, 0) is 4.79 Å². The molecular weight excluding hydrogens is 501 g/mol. The average molecular weight is 518 g/mol. The smallest absolute Gasteiger partial charge is 0.259 e. The summed E-state index contributed by atoms with van der Waals surface area (Å²) in [5, 5.41) is 6.99. The number of nitrogens with one attached hydrogen (secondary N) is 2. The molecule has 0 radical (unpaired) electrons. The first-order valence-electron chi connectivity index (χ1n) is 7.26. The third-order valence-electron chi connectivity index (χ3n) is 3.16. The number of rotatable bonds is 7. The van der Waals surface area contributed by atoms with E-state index in [0.29, 0.717) is 11.5 Å². The van der Waals surface area contributed by atoms with Crippen molar-refractivity contribution in [2.75, 3.05) is 26.1 Å². The van der Waals surface area contributed by atoms with Crippen molar-refractivity contribution in [3.05, 3.63) is 50.0 Å². The van der Waals surface area contributed by atoms with E-state index in [1.807, 2.05) is 30.3 Å². The largest absolute Gasteiger partial charge is 0.493 e. The average Bonchev–Trinajstić information content (AvgIpc) is 2.60. The Kier molecular flexibility index (Phi) is 7.51. The zero-order valence-corrected chi connectivity index (χ0v) is 17.4. The number of methoxy groups -OCH3 is 2. The van der Waals surface area contributed by atoms with Crippen LogP contribution in [0, 0.1) is 3.57 Å². The Morgan fingerprint density at radius 2 is 1.96 bits per heavy atom. The fourth-order valence-corrected chi connectivity index (χ4v) is 2.96. The van der Waals surface area contributed by atoms with Gasteiger partial charge in [0.05, 0.1) is 31.5 Å². The number of carbonyl (C=O) groups is 1. The number of ether oxygens (including phenoxy) is 2. The van der Waals surface area contributed by atoms with Crippen LogP contribution in [-0.4, -0.2) is 32.9 Å². The molecule has 8 heteroatoms. The van der Waals surface area contributed by atoms with Crippen LogP contribution in [0.2, 0.25) is 0 Å². The van der Waals surface area contributed by atoms with E-state index < -0.39 is 0 Å². The fourth-order valence-electron chi connectivity index (χ4n) is 1.98. The Morgan fingerprint density at radius 1 is 1.24 bits per heavy atom. The SMILES string of the molecule is COc1cc(C=NNC(=O)CNc2ccc(I)cc2)cc(Br)c1OC. The molecular formula is C17H17BrIN3O3. The van der Waals surface area contributed by atoms with Crippen molar-refractivity contribution in [1.82, 2.24) is 5.43 Å². The third-order valence-corrected chi connectivity index (χ3v) is 4.46. The van der Waals surface area contributed by atoms with E-state index in [4.69, 9.17) is 9.47 Å². The van der Waals surface area contributed by atoms with Gasteiger partial charge < -0.3 is 14.8 Å². The maximum Gasteiger partial charge on any atom is 0.259 e. The van der Waals surface area contributed by atoms with Gasteiger partial charge in [-0.25, -0.2) is 5.43 Å². The van der Waals surface area contributed by atoms with Crippen molar-refractivity contribution in [3.63, 3.8) is 0 Å². The quantitative estimate of drug-likeness (QED) is 0.334. The van der Waals surface area contributed by atoms with Gasteiger partial charge in [-0.3, -0.25) is 4.79 Å². The normalized spacial score (nSPS) is 10.6. The summed E-state index contributed by atoms with van der Waals surface area (Å²) < 4.78 is 12.4. The molecule has 0 aromatic heterocycles. The number of amides is 1. The molecule has 0 aliphatic heterocycles. The molecule has 0 aliphatic rings. The molecule has 0 unspecified atom stereocenters. The number of benzene rings is 2. The maximum absolute atomic E-state index is 11.8. The molecule has 0 atom stereocenters. The van der Waals surface area contributed by atoms with Crippen molar-refractivity contribution in [2.45, 2.75) is 0 Å². The second-order valence-electron chi connectivity index (χ2n) is 4.89. The monoisotopic (exact) mass is 517 g/mol. The number of carbonyl (C=O) groups excluding carboxylic acids is 1. The van der Waals surface area contributed by atoms with Crippen molar-refractivity contribution >= 4 is 56.3 Å². The minimum Gasteiger partial charge on any atom is -0.493 e. The minimum absolute atomic E-state index is 0.133. The molecule has 0 aliphatic carbocycles. The summed E-state index contributed by atoms with van der Waals surface area (Å²) in [6.07, 6.45) is 1.54. The number of anilines is 1. The van der Waals surface area contributed by atoms with Crippen LogP contribution >= 0.6 is 38.5 Å². The predicted molar refractivity (Wildman–Crippen MR) is 111 cm³/mol. The van der Waals surface area contributed by atoms with Gasteiger partial charge >= 0.3 is 0 Å². The first-order valence-corrected chi connectivity index (χ1v) is 9.13. The second kappa shape index (κ2) is 9.62. The van der Waals surface area contributed by atoms with Crippen molar-refractivity contribution in [2.24, 2.45) is 5.10 Å². The Morgan fingerprint density at radius 3 is 2.60 bits per heavy atom. The van der Waals surface area contributed by atoms with Crippen molar-refractivity contribution < 1.29 is 14.3 Å². The van der Waals surface area contributed by atoms with E-state index in [0.717, 1.165) is 19.3 Å². The van der Waals surface area contributed by atoms with Crippen molar-refractivity contribution in [3.8, 4) is 11.5 Å². The Hall–Kier alpha value is -1.81. The number of halogens is 2. The van der Waals surface area contributed by atoms with Crippen LogP contribution in [0.4, 0.5) is 5.69 Å². The van der Waals surface area contributed by atoms with Gasteiger partial charge in [0.25, 0.3) is 5.91 Å². The highest BCUT2D eigenvalue weighted by Gasteiger charge is 2.09. The highest BCUT2D eigenvalue weighted by atomic mass is 127. The highest BCUT2D eigenvalue weighted by molar-refractivity contribution is 14.1. The Labute approximate surface area is 168 Å². The Bertz CT molecular complexity index is 766. The van der Waals surface area contributed by atoms with Crippen LogP contribution in [0.25, 0.3) is 0 Å². The van der Waals surface area contributed by atoms with Gasteiger partial charge in [0, 0.05) is 9.26 Å². The lowest BCUT2D eigenvalue weighted by atomic mass is 10.2. The minimum atomic E-state index is -0.241. The lowest BCUT2D eigenvalue weighted by Gasteiger charge is -2.10. The first kappa shape index (κ1) is 19.5. The molecule has 132 valence electrons. The molecule has 2 N–H and O–H groups in total. The topological polar surface area (TPSA) is 72.0 Å². The summed E-state index contributed by atoms with van der Waals surface area (Å²) in [5.74, 6) is 0.935. The predicted octanol–water partition coefficient (Wildman–Crippen LogP) is 3.63. The van der Waals surface area contributed by atoms with Crippen LogP contribution in [0.15, 0.2) is 46.0 Å². The van der Waals surface area contributed by atoms with Gasteiger partial charge in [-0.05, 0) is 80.5 Å². The molecule has 25 heavy (non-hydrogen) atoms. The summed E-state index contributed by atoms with van der Waals surface area (Å²) in [5.41, 5.74) is 4.12. The van der Waals surface area contributed by atoms with Gasteiger partial charge in [-0.2, -0.15) is 5.10 Å². The lowest BCUT2D eigenvalue weighted by molar-refractivity contribution is -0.119.